The molecular formula is C20H30F2Hf. The van der Waals surface area contributed by atoms with Crippen LogP contribution in [0.2, 0.25) is 0 Å². The van der Waals surface area contributed by atoms with Gasteiger partial charge in [0, 0.05) is 0 Å². The average molecular weight is 487 g/mol. The van der Waals surface area contributed by atoms with Crippen LogP contribution in [0.15, 0.2) is 48.5 Å². The summed E-state index contributed by atoms with van der Waals surface area (Å²) in [7, 11) is 0. The molecule has 0 saturated carbocycles. The van der Waals surface area contributed by atoms with Gasteiger partial charge in [-0.05, 0) is 11.8 Å². The SMILES string of the molecule is CC(C)CC[c-]1cccc1.CC(C)CC[c-]1cccc1.[F-].[F-].[Hf+4]. The summed E-state index contributed by atoms with van der Waals surface area (Å²) in [5, 5.41) is 0. The van der Waals surface area contributed by atoms with E-state index in [4.69, 9.17) is 0 Å². The number of halogens is 2. The third-order valence-electron chi connectivity index (χ3n) is 3.48. The van der Waals surface area contributed by atoms with Gasteiger partial charge in [-0.2, -0.15) is 35.4 Å². The molecule has 2 aromatic rings. The fourth-order valence-corrected chi connectivity index (χ4v) is 2.07. The van der Waals surface area contributed by atoms with Crippen LogP contribution in [-0.2, 0) is 38.7 Å². The summed E-state index contributed by atoms with van der Waals surface area (Å²) >= 11 is 0. The predicted octanol–water partition coefficient (Wildman–Crippen LogP) is -0.00630. The normalized spacial score (nSPS) is 9.30. The molecule has 0 amide bonds. The van der Waals surface area contributed by atoms with E-state index in [0.29, 0.717) is 0 Å². The van der Waals surface area contributed by atoms with Crippen molar-refractivity contribution in [2.45, 2.75) is 53.4 Å². The summed E-state index contributed by atoms with van der Waals surface area (Å²) in [6.45, 7) is 9.07. The van der Waals surface area contributed by atoms with E-state index < -0.39 is 0 Å². The van der Waals surface area contributed by atoms with Crippen molar-refractivity contribution in [3.8, 4) is 0 Å². The molecule has 128 valence electrons. The fraction of sp³-hybridized carbons (Fsp3) is 0.500. The molecule has 2 aromatic carbocycles. The summed E-state index contributed by atoms with van der Waals surface area (Å²) in [4.78, 5) is 0. The van der Waals surface area contributed by atoms with Crippen molar-refractivity contribution in [1.82, 2.24) is 0 Å². The van der Waals surface area contributed by atoms with Gasteiger partial charge < -0.3 is 9.41 Å². The molecule has 0 nitrogen and oxygen atoms in total. The van der Waals surface area contributed by atoms with E-state index >= 15 is 0 Å². The first kappa shape index (κ1) is 27.3. The van der Waals surface area contributed by atoms with Crippen LogP contribution in [0.1, 0.15) is 51.7 Å². The zero-order valence-corrected chi connectivity index (χ0v) is 18.5. The van der Waals surface area contributed by atoms with E-state index in [1.807, 2.05) is 0 Å². The molecule has 0 unspecified atom stereocenters. The number of rotatable bonds is 6. The molecule has 0 radical (unpaired) electrons. The minimum atomic E-state index is 0. The monoisotopic (exact) mass is 488 g/mol. The Kier molecular flexibility index (Phi) is 19.3. The summed E-state index contributed by atoms with van der Waals surface area (Å²) in [5.74, 6) is 1.66. The van der Waals surface area contributed by atoms with Crippen molar-refractivity contribution in [3.63, 3.8) is 0 Å². The number of hydrogen-bond donors (Lipinski definition) is 0. The van der Waals surface area contributed by atoms with Crippen molar-refractivity contribution < 1.29 is 35.3 Å². The first-order valence-electron chi connectivity index (χ1n) is 7.99. The van der Waals surface area contributed by atoms with E-state index in [2.05, 4.69) is 76.2 Å². The maximum atomic E-state index is 2.27. The molecule has 0 aromatic heterocycles. The van der Waals surface area contributed by atoms with E-state index in [9.17, 15) is 0 Å². The van der Waals surface area contributed by atoms with Crippen LogP contribution in [0.4, 0.5) is 0 Å². The Labute approximate surface area is 159 Å². The summed E-state index contributed by atoms with van der Waals surface area (Å²) in [6.07, 6.45) is 5.10. The predicted molar refractivity (Wildman–Crippen MR) is 90.4 cm³/mol. The standard InChI is InChI=1S/2C10H15.2FH.Hf/c2*1-9(2)7-8-10-5-3-4-6-10;;;/h2*3-6,9H,7-8H2,1-2H3;2*1H;/q2*-1;;;+4/p-2. The topological polar surface area (TPSA) is 0 Å². The van der Waals surface area contributed by atoms with Crippen LogP contribution < -0.4 is 9.41 Å². The van der Waals surface area contributed by atoms with Gasteiger partial charge >= 0.3 is 25.8 Å². The van der Waals surface area contributed by atoms with Crippen molar-refractivity contribution in [3.05, 3.63) is 59.7 Å². The van der Waals surface area contributed by atoms with Crippen molar-refractivity contribution in [1.29, 1.82) is 0 Å². The molecule has 0 atom stereocenters. The van der Waals surface area contributed by atoms with Crippen LogP contribution in [0.5, 0.6) is 0 Å². The van der Waals surface area contributed by atoms with E-state index in [1.165, 1.54) is 36.8 Å². The number of aryl methyl sites for hydroxylation is 2. The number of hydrogen-bond acceptors (Lipinski definition) is 0. The molecule has 23 heavy (non-hydrogen) atoms. The minimum Gasteiger partial charge on any atom is -1.00 e. The van der Waals surface area contributed by atoms with Gasteiger partial charge in [0.05, 0.1) is 0 Å². The molecule has 2 rings (SSSR count). The van der Waals surface area contributed by atoms with Gasteiger partial charge in [-0.1, -0.05) is 53.4 Å². The molecule has 0 heterocycles. The largest absolute Gasteiger partial charge is 4.00 e. The van der Waals surface area contributed by atoms with Crippen LogP contribution in [0.3, 0.4) is 0 Å². The minimum absolute atomic E-state index is 0. The molecule has 0 fully saturated rings. The molecule has 0 aliphatic heterocycles. The third kappa shape index (κ3) is 14.7. The first-order valence-corrected chi connectivity index (χ1v) is 7.99. The summed E-state index contributed by atoms with van der Waals surface area (Å²) in [5.41, 5.74) is 2.96. The first-order chi connectivity index (χ1) is 9.58. The summed E-state index contributed by atoms with van der Waals surface area (Å²) in [6, 6.07) is 17.2. The molecule has 0 bridgehead atoms. The second-order valence-electron chi connectivity index (χ2n) is 6.45. The van der Waals surface area contributed by atoms with Gasteiger partial charge in [0.2, 0.25) is 0 Å². The fourth-order valence-electron chi connectivity index (χ4n) is 2.07. The third-order valence-corrected chi connectivity index (χ3v) is 3.48. The molecule has 0 N–H and O–H groups in total. The van der Waals surface area contributed by atoms with Crippen LogP contribution in [-0.4, -0.2) is 0 Å². The van der Waals surface area contributed by atoms with Gasteiger partial charge in [-0.15, -0.1) is 0 Å². The Morgan fingerprint density at radius 3 is 1.09 bits per heavy atom. The van der Waals surface area contributed by atoms with E-state index in [-0.39, 0.29) is 35.3 Å². The average Bonchev–Trinajstić information content (AvgIpc) is 3.08. The molecular weight excluding hydrogens is 457 g/mol. The van der Waals surface area contributed by atoms with Gasteiger partial charge in [0.25, 0.3) is 0 Å². The Morgan fingerprint density at radius 2 is 0.870 bits per heavy atom. The van der Waals surface area contributed by atoms with Crippen LogP contribution in [0, 0.1) is 11.8 Å². The maximum Gasteiger partial charge on any atom is 4.00 e. The van der Waals surface area contributed by atoms with Crippen molar-refractivity contribution >= 4 is 0 Å². The second kappa shape index (κ2) is 16.3. The van der Waals surface area contributed by atoms with Gasteiger partial charge in [0.1, 0.15) is 0 Å². The maximum absolute atomic E-state index is 2.27. The van der Waals surface area contributed by atoms with Gasteiger partial charge in [-0.25, -0.2) is 24.3 Å². The zero-order chi connectivity index (χ0) is 14.8. The van der Waals surface area contributed by atoms with Crippen LogP contribution >= 0.6 is 0 Å². The molecule has 0 aliphatic rings. The Bertz CT molecular complexity index is 374. The Balaban J connectivity index is -0.000000308. The smallest absolute Gasteiger partial charge is 1.00 e. The Morgan fingerprint density at radius 1 is 0.609 bits per heavy atom. The Hall–Kier alpha value is -0.570. The summed E-state index contributed by atoms with van der Waals surface area (Å²) < 4.78 is 0. The molecule has 0 saturated heterocycles. The van der Waals surface area contributed by atoms with Crippen LogP contribution in [0.25, 0.3) is 0 Å². The molecule has 0 spiro atoms. The van der Waals surface area contributed by atoms with E-state index in [1.54, 1.807) is 0 Å². The quantitative estimate of drug-likeness (QED) is 0.398. The molecule has 0 aliphatic carbocycles. The van der Waals surface area contributed by atoms with Gasteiger partial charge in [0.15, 0.2) is 0 Å². The van der Waals surface area contributed by atoms with Gasteiger partial charge in [-0.3, -0.25) is 0 Å². The molecule has 3 heteroatoms. The van der Waals surface area contributed by atoms with E-state index in [0.717, 1.165) is 11.8 Å². The van der Waals surface area contributed by atoms with Crippen molar-refractivity contribution in [2.75, 3.05) is 0 Å². The second-order valence-corrected chi connectivity index (χ2v) is 6.45. The van der Waals surface area contributed by atoms with Crippen molar-refractivity contribution in [2.24, 2.45) is 11.8 Å². The zero-order valence-electron chi connectivity index (χ0n) is 14.9.